The molecule has 122 valence electrons. The van der Waals surface area contributed by atoms with Gasteiger partial charge in [0.1, 0.15) is 10.7 Å². The molecule has 4 rings (SSSR count). The Morgan fingerprint density at radius 2 is 2.21 bits per heavy atom. The monoisotopic (exact) mass is 340 g/mol. The number of hydrogen-bond acceptors (Lipinski definition) is 5. The van der Waals surface area contributed by atoms with Gasteiger partial charge in [-0.2, -0.15) is 0 Å². The Balaban J connectivity index is 1.70. The van der Waals surface area contributed by atoms with Crippen LogP contribution in [0.5, 0.6) is 11.5 Å². The van der Waals surface area contributed by atoms with Crippen LogP contribution in [0.2, 0.25) is 0 Å². The van der Waals surface area contributed by atoms with Gasteiger partial charge in [-0.3, -0.25) is 4.79 Å². The Kier molecular flexibility index (Phi) is 3.61. The van der Waals surface area contributed by atoms with E-state index in [0.29, 0.717) is 11.6 Å². The molecule has 2 aromatic heterocycles. The number of H-pyrrole nitrogens is 1. The topological polar surface area (TPSA) is 75.2 Å². The number of methoxy groups -OCH3 is 1. The summed E-state index contributed by atoms with van der Waals surface area (Å²) in [6, 6.07) is 5.12. The molecular formula is C18H16N2O3S. The summed E-state index contributed by atoms with van der Waals surface area (Å²) in [5.74, 6) is 1.02. The van der Waals surface area contributed by atoms with E-state index >= 15 is 0 Å². The molecule has 0 atom stereocenters. The lowest BCUT2D eigenvalue weighted by molar-refractivity contribution is 0.373. The van der Waals surface area contributed by atoms with Gasteiger partial charge in [0.15, 0.2) is 11.5 Å². The largest absolute Gasteiger partial charge is 0.504 e. The van der Waals surface area contributed by atoms with Crippen LogP contribution in [0.4, 0.5) is 0 Å². The minimum Gasteiger partial charge on any atom is -0.504 e. The smallest absolute Gasteiger partial charge is 0.260 e. The summed E-state index contributed by atoms with van der Waals surface area (Å²) in [5, 5.41) is 10.6. The first-order valence-corrected chi connectivity index (χ1v) is 8.57. The van der Waals surface area contributed by atoms with Crippen LogP contribution in [0.25, 0.3) is 22.4 Å². The van der Waals surface area contributed by atoms with Crippen LogP contribution in [0, 0.1) is 0 Å². The second kappa shape index (κ2) is 5.79. The van der Waals surface area contributed by atoms with Gasteiger partial charge in [0.2, 0.25) is 0 Å². The van der Waals surface area contributed by atoms with E-state index in [1.807, 2.05) is 6.07 Å². The van der Waals surface area contributed by atoms with Crippen molar-refractivity contribution in [1.29, 1.82) is 0 Å². The summed E-state index contributed by atoms with van der Waals surface area (Å²) in [7, 11) is 1.51. The van der Waals surface area contributed by atoms with Gasteiger partial charge in [-0.1, -0.05) is 12.1 Å². The number of fused-ring (bicyclic) bond motifs is 3. The van der Waals surface area contributed by atoms with Crippen molar-refractivity contribution in [3.05, 3.63) is 50.4 Å². The Bertz CT molecular complexity index is 1020. The summed E-state index contributed by atoms with van der Waals surface area (Å²) >= 11 is 1.62. The third kappa shape index (κ3) is 2.49. The van der Waals surface area contributed by atoms with Crippen molar-refractivity contribution in [2.45, 2.75) is 19.3 Å². The number of aromatic hydroxyl groups is 1. The minimum atomic E-state index is -0.0726. The fourth-order valence-electron chi connectivity index (χ4n) is 3.08. The zero-order valence-corrected chi connectivity index (χ0v) is 13.9. The van der Waals surface area contributed by atoms with E-state index in [9.17, 15) is 9.90 Å². The zero-order valence-electron chi connectivity index (χ0n) is 13.1. The van der Waals surface area contributed by atoms with Crippen LogP contribution >= 0.6 is 11.3 Å². The molecular weight excluding hydrogens is 324 g/mol. The minimum absolute atomic E-state index is 0.0726. The van der Waals surface area contributed by atoms with Crippen LogP contribution in [0.1, 0.15) is 28.2 Å². The number of aryl methyl sites for hydroxylation is 2. The highest BCUT2D eigenvalue weighted by Crippen LogP contribution is 2.34. The van der Waals surface area contributed by atoms with Gasteiger partial charge in [0.25, 0.3) is 5.56 Å². The molecule has 0 fully saturated rings. The first kappa shape index (κ1) is 15.0. The Hall–Kier alpha value is -2.60. The van der Waals surface area contributed by atoms with E-state index in [-0.39, 0.29) is 11.3 Å². The first-order chi connectivity index (χ1) is 11.7. The normalized spacial score (nSPS) is 13.7. The number of nitrogens with one attached hydrogen (secondary N) is 1. The van der Waals surface area contributed by atoms with Crippen molar-refractivity contribution in [3.8, 4) is 11.5 Å². The second-order valence-corrected chi connectivity index (χ2v) is 6.84. The maximum Gasteiger partial charge on any atom is 0.260 e. The molecule has 0 unspecified atom stereocenters. The van der Waals surface area contributed by atoms with Crippen LogP contribution in [0.15, 0.2) is 23.0 Å². The number of hydrogen-bond donors (Lipinski definition) is 2. The predicted octanol–water partition coefficient (Wildman–Crippen LogP) is 3.36. The van der Waals surface area contributed by atoms with Crippen molar-refractivity contribution < 1.29 is 9.84 Å². The molecule has 24 heavy (non-hydrogen) atoms. The van der Waals surface area contributed by atoms with E-state index in [2.05, 4.69) is 9.97 Å². The van der Waals surface area contributed by atoms with E-state index in [4.69, 9.17) is 4.74 Å². The van der Waals surface area contributed by atoms with Crippen molar-refractivity contribution in [2.75, 3.05) is 7.11 Å². The maximum atomic E-state index is 12.4. The molecule has 0 saturated heterocycles. The molecule has 0 spiro atoms. The van der Waals surface area contributed by atoms with Crippen molar-refractivity contribution in [3.63, 3.8) is 0 Å². The maximum absolute atomic E-state index is 12.4. The first-order valence-electron chi connectivity index (χ1n) is 7.75. The zero-order chi connectivity index (χ0) is 16.7. The lowest BCUT2D eigenvalue weighted by atomic mass is 10.2. The molecule has 1 aliphatic rings. The molecule has 2 N–H and O–H groups in total. The molecule has 5 nitrogen and oxygen atoms in total. The molecule has 0 aliphatic heterocycles. The van der Waals surface area contributed by atoms with E-state index in [0.717, 1.165) is 35.0 Å². The van der Waals surface area contributed by atoms with Crippen LogP contribution in [-0.2, 0) is 12.8 Å². The number of phenolic OH excluding ortho intramolecular Hbond substituents is 1. The lowest BCUT2D eigenvalue weighted by Crippen LogP contribution is -2.09. The number of nitrogens with zero attached hydrogens (tertiary/aromatic N) is 1. The average Bonchev–Trinajstić information content (AvgIpc) is 3.13. The summed E-state index contributed by atoms with van der Waals surface area (Å²) in [6.07, 6.45) is 6.68. The van der Waals surface area contributed by atoms with E-state index < -0.39 is 0 Å². The predicted molar refractivity (Wildman–Crippen MR) is 95.9 cm³/mol. The van der Waals surface area contributed by atoms with Gasteiger partial charge in [-0.05, 0) is 48.6 Å². The van der Waals surface area contributed by atoms with Gasteiger partial charge < -0.3 is 14.8 Å². The molecule has 2 heterocycles. The van der Waals surface area contributed by atoms with Gasteiger partial charge >= 0.3 is 0 Å². The molecule has 0 radical (unpaired) electrons. The SMILES string of the molecule is COc1ccc(/C=C/c2nc3sc4c(c3c(=O)[nH]2)CCC4)cc1O. The number of aromatic amines is 1. The summed E-state index contributed by atoms with van der Waals surface area (Å²) in [4.78, 5) is 21.9. The quantitative estimate of drug-likeness (QED) is 0.767. The van der Waals surface area contributed by atoms with Crippen molar-refractivity contribution in [1.82, 2.24) is 9.97 Å². The van der Waals surface area contributed by atoms with Crippen LogP contribution < -0.4 is 10.3 Å². The molecule has 1 aliphatic carbocycles. The Morgan fingerprint density at radius 3 is 3.00 bits per heavy atom. The molecule has 6 heteroatoms. The van der Waals surface area contributed by atoms with Gasteiger partial charge in [0, 0.05) is 4.88 Å². The molecule has 0 saturated carbocycles. The van der Waals surface area contributed by atoms with Gasteiger partial charge in [0.05, 0.1) is 12.5 Å². The standard InChI is InChI=1S/C18H16N2O3S/c1-23-13-7-5-10(9-12(13)21)6-8-15-19-17(22)16-11-3-2-4-14(11)24-18(16)20-15/h5-9,21H,2-4H2,1H3,(H,19,20,22)/b8-6+. The van der Waals surface area contributed by atoms with Gasteiger partial charge in [-0.15, -0.1) is 11.3 Å². The van der Waals surface area contributed by atoms with E-state index in [1.165, 1.54) is 17.6 Å². The highest BCUT2D eigenvalue weighted by atomic mass is 32.1. The Morgan fingerprint density at radius 1 is 1.33 bits per heavy atom. The number of benzene rings is 1. The molecule has 3 aromatic rings. The molecule has 0 amide bonds. The van der Waals surface area contributed by atoms with Crippen LogP contribution in [-0.4, -0.2) is 22.2 Å². The van der Waals surface area contributed by atoms with Crippen molar-refractivity contribution in [2.24, 2.45) is 0 Å². The lowest BCUT2D eigenvalue weighted by Gasteiger charge is -2.03. The fraction of sp³-hybridized carbons (Fsp3) is 0.222. The highest BCUT2D eigenvalue weighted by Gasteiger charge is 2.20. The van der Waals surface area contributed by atoms with Gasteiger partial charge in [-0.25, -0.2) is 4.98 Å². The molecule has 0 bridgehead atoms. The third-order valence-electron chi connectivity index (χ3n) is 4.23. The Labute approximate surface area is 142 Å². The number of thiophene rings is 1. The number of rotatable bonds is 3. The molecule has 1 aromatic carbocycles. The van der Waals surface area contributed by atoms with Crippen LogP contribution in [0.3, 0.4) is 0 Å². The summed E-state index contributed by atoms with van der Waals surface area (Å²) in [6.45, 7) is 0. The average molecular weight is 340 g/mol. The number of phenols is 1. The summed E-state index contributed by atoms with van der Waals surface area (Å²) in [5.41, 5.74) is 1.90. The van der Waals surface area contributed by atoms with Crippen molar-refractivity contribution >= 4 is 33.7 Å². The van der Waals surface area contributed by atoms with E-state index in [1.54, 1.807) is 35.6 Å². The fourth-order valence-corrected chi connectivity index (χ4v) is 4.35. The summed E-state index contributed by atoms with van der Waals surface area (Å²) < 4.78 is 5.02. The third-order valence-corrected chi connectivity index (χ3v) is 5.42. The second-order valence-electron chi connectivity index (χ2n) is 5.75. The highest BCUT2D eigenvalue weighted by molar-refractivity contribution is 7.18. The number of ether oxygens (including phenoxy) is 1. The number of aromatic nitrogens is 2.